The number of nitrogens with zero attached hydrogens (tertiary/aromatic N) is 7. The summed E-state index contributed by atoms with van der Waals surface area (Å²) in [7, 11) is 0. The van der Waals surface area contributed by atoms with E-state index in [1.807, 2.05) is 16.0 Å². The molecule has 1 aliphatic rings. The molecule has 0 unspecified atom stereocenters. The van der Waals surface area contributed by atoms with Gasteiger partial charge in [-0.3, -0.25) is 9.47 Å². The van der Waals surface area contributed by atoms with Gasteiger partial charge >= 0.3 is 0 Å². The summed E-state index contributed by atoms with van der Waals surface area (Å²) < 4.78 is 7.38. The molecule has 5 heterocycles. The van der Waals surface area contributed by atoms with E-state index in [-0.39, 0.29) is 0 Å². The molecule has 1 saturated heterocycles. The molecule has 154 valence electrons. The Balaban J connectivity index is 1.44. The Hall–Kier alpha value is -3.15. The molecule has 4 aromatic rings. The first-order valence-corrected chi connectivity index (χ1v) is 10.7. The fourth-order valence-corrected chi connectivity index (χ4v) is 3.93. The van der Waals surface area contributed by atoms with Crippen molar-refractivity contribution < 1.29 is 4.74 Å². The zero-order valence-corrected chi connectivity index (χ0v) is 17.0. The predicted molar refractivity (Wildman–Crippen MR) is 116 cm³/mol. The molecule has 0 radical (unpaired) electrons. The minimum atomic E-state index is 0.451. The van der Waals surface area contributed by atoms with Crippen molar-refractivity contribution >= 4 is 40.1 Å². The third-order valence-corrected chi connectivity index (χ3v) is 5.50. The van der Waals surface area contributed by atoms with Crippen molar-refractivity contribution in [3.63, 3.8) is 0 Å². The van der Waals surface area contributed by atoms with Gasteiger partial charge in [-0.1, -0.05) is 0 Å². The Morgan fingerprint density at radius 2 is 2.07 bits per heavy atom. The van der Waals surface area contributed by atoms with Crippen LogP contribution in [0.2, 0.25) is 0 Å². The largest absolute Gasteiger partial charge is 0.379 e. The van der Waals surface area contributed by atoms with Crippen LogP contribution in [0.15, 0.2) is 41.7 Å². The highest BCUT2D eigenvalue weighted by Gasteiger charge is 2.16. The maximum Gasteiger partial charge on any atom is 0.232 e. The Bertz CT molecular complexity index is 1090. The van der Waals surface area contributed by atoms with Gasteiger partial charge in [0, 0.05) is 37.8 Å². The van der Waals surface area contributed by atoms with Gasteiger partial charge in [-0.05, 0) is 17.5 Å². The average molecular weight is 424 g/mol. The molecule has 0 atom stereocenters. The van der Waals surface area contributed by atoms with E-state index in [9.17, 15) is 0 Å². The number of ether oxygens (including phenoxy) is 1. The Morgan fingerprint density at radius 3 is 2.87 bits per heavy atom. The van der Waals surface area contributed by atoms with E-state index in [1.165, 1.54) is 6.33 Å². The van der Waals surface area contributed by atoms with Gasteiger partial charge in [0.2, 0.25) is 5.95 Å². The van der Waals surface area contributed by atoms with Gasteiger partial charge in [-0.2, -0.15) is 21.3 Å². The van der Waals surface area contributed by atoms with Gasteiger partial charge in [0.15, 0.2) is 17.0 Å². The van der Waals surface area contributed by atoms with Crippen molar-refractivity contribution in [1.29, 1.82) is 0 Å². The van der Waals surface area contributed by atoms with E-state index in [1.54, 1.807) is 29.9 Å². The maximum absolute atomic E-state index is 5.42. The second-order valence-corrected chi connectivity index (χ2v) is 7.54. The van der Waals surface area contributed by atoms with E-state index in [2.05, 4.69) is 40.8 Å². The van der Waals surface area contributed by atoms with Crippen LogP contribution < -0.4 is 10.6 Å². The van der Waals surface area contributed by atoms with Gasteiger partial charge in [0.25, 0.3) is 0 Å². The lowest BCUT2D eigenvalue weighted by molar-refractivity contribution is 0.0398. The first-order chi connectivity index (χ1) is 14.9. The number of hydrogen-bond acceptors (Lipinski definition) is 10. The molecular formula is C19H21N9OS. The predicted octanol–water partition coefficient (Wildman–Crippen LogP) is 2.15. The molecule has 0 aromatic carbocycles. The van der Waals surface area contributed by atoms with E-state index in [0.29, 0.717) is 17.6 Å². The van der Waals surface area contributed by atoms with Gasteiger partial charge in [0.05, 0.1) is 18.9 Å². The molecule has 0 bridgehead atoms. The summed E-state index contributed by atoms with van der Waals surface area (Å²) in [6.07, 6.45) is 4.94. The van der Waals surface area contributed by atoms with Gasteiger partial charge in [-0.25, -0.2) is 15.0 Å². The number of morpholine rings is 1. The summed E-state index contributed by atoms with van der Waals surface area (Å²) in [5.74, 6) is 1.77. The number of thiophene rings is 1. The lowest BCUT2D eigenvalue weighted by Gasteiger charge is -2.26. The molecule has 1 aliphatic heterocycles. The number of hydrogen-bond donors (Lipinski definition) is 2. The lowest BCUT2D eigenvalue weighted by Crippen LogP contribution is -2.39. The zero-order valence-electron chi connectivity index (χ0n) is 16.2. The third-order valence-electron chi connectivity index (χ3n) is 4.83. The maximum atomic E-state index is 5.42. The molecule has 1 fully saturated rings. The number of nitrogens with one attached hydrogen (secondary N) is 2. The summed E-state index contributed by atoms with van der Waals surface area (Å²) in [5, 5.41) is 10.7. The number of rotatable bonds is 7. The van der Waals surface area contributed by atoms with Crippen LogP contribution in [0.5, 0.6) is 0 Å². The summed E-state index contributed by atoms with van der Waals surface area (Å²) in [4.78, 5) is 24.5. The molecule has 2 N–H and O–H groups in total. The monoisotopic (exact) mass is 423 g/mol. The van der Waals surface area contributed by atoms with Crippen LogP contribution in [0.25, 0.3) is 16.9 Å². The molecule has 0 saturated carbocycles. The van der Waals surface area contributed by atoms with Crippen molar-refractivity contribution in [2.24, 2.45) is 0 Å². The van der Waals surface area contributed by atoms with Crippen molar-refractivity contribution in [2.45, 2.75) is 0 Å². The standard InChI is InChI=1S/C19H21N9OS/c1-3-20-12-22-15(1)24-19-25-17(21-4-5-27-6-8-29-9-7-27)16-18(26-19)28(13-23-16)14-2-10-30-11-14/h1-3,10-13H,4-9H2,(H2,20,21,22,24,25,26). The third kappa shape index (κ3) is 4.08. The van der Waals surface area contributed by atoms with Crippen molar-refractivity contribution in [2.75, 3.05) is 50.0 Å². The number of aromatic nitrogens is 6. The topological polar surface area (TPSA) is 106 Å². The highest BCUT2D eigenvalue weighted by molar-refractivity contribution is 7.08. The fraction of sp³-hybridized carbons (Fsp3) is 0.316. The van der Waals surface area contributed by atoms with E-state index in [0.717, 1.165) is 56.2 Å². The van der Waals surface area contributed by atoms with Crippen molar-refractivity contribution in [3.05, 3.63) is 41.7 Å². The molecule has 10 nitrogen and oxygen atoms in total. The Morgan fingerprint density at radius 1 is 1.13 bits per heavy atom. The minimum Gasteiger partial charge on any atom is -0.379 e. The molecule has 5 rings (SSSR count). The van der Waals surface area contributed by atoms with Gasteiger partial charge in [0.1, 0.15) is 18.5 Å². The second kappa shape index (κ2) is 8.69. The minimum absolute atomic E-state index is 0.451. The zero-order chi connectivity index (χ0) is 20.2. The average Bonchev–Trinajstić information content (AvgIpc) is 3.45. The molecule has 0 aliphatic carbocycles. The van der Waals surface area contributed by atoms with E-state index in [4.69, 9.17) is 9.72 Å². The molecule has 4 aromatic heterocycles. The van der Waals surface area contributed by atoms with Crippen LogP contribution in [0.1, 0.15) is 0 Å². The van der Waals surface area contributed by atoms with Crippen LogP contribution in [-0.2, 0) is 4.74 Å². The normalized spacial score (nSPS) is 14.8. The molecular weight excluding hydrogens is 402 g/mol. The van der Waals surface area contributed by atoms with Crippen LogP contribution in [0.3, 0.4) is 0 Å². The highest BCUT2D eigenvalue weighted by Crippen LogP contribution is 2.25. The van der Waals surface area contributed by atoms with Crippen LogP contribution in [0, 0.1) is 0 Å². The first kappa shape index (κ1) is 18.9. The number of imidazole rings is 1. The molecule has 30 heavy (non-hydrogen) atoms. The van der Waals surface area contributed by atoms with Crippen LogP contribution >= 0.6 is 11.3 Å². The number of anilines is 3. The van der Waals surface area contributed by atoms with Crippen molar-refractivity contribution in [1.82, 2.24) is 34.4 Å². The summed E-state index contributed by atoms with van der Waals surface area (Å²) in [6.45, 7) is 5.15. The van der Waals surface area contributed by atoms with E-state index >= 15 is 0 Å². The fourth-order valence-electron chi connectivity index (χ4n) is 3.30. The lowest BCUT2D eigenvalue weighted by atomic mass is 10.4. The summed E-state index contributed by atoms with van der Waals surface area (Å²) >= 11 is 1.63. The van der Waals surface area contributed by atoms with E-state index < -0.39 is 0 Å². The van der Waals surface area contributed by atoms with Gasteiger partial charge < -0.3 is 15.4 Å². The first-order valence-electron chi connectivity index (χ1n) is 9.71. The Labute approximate surface area is 177 Å². The SMILES string of the molecule is c1cc(Nc2nc(NCCN3CCOCC3)c3ncn(-c4ccsc4)c3n2)ncn1. The quantitative estimate of drug-likeness (QED) is 0.462. The van der Waals surface area contributed by atoms with Gasteiger partial charge in [-0.15, -0.1) is 0 Å². The Kier molecular flexibility index (Phi) is 5.46. The van der Waals surface area contributed by atoms with Crippen molar-refractivity contribution in [3.8, 4) is 5.69 Å². The molecule has 11 heteroatoms. The van der Waals surface area contributed by atoms with Crippen LogP contribution in [-0.4, -0.2) is 73.8 Å². The summed E-state index contributed by atoms with van der Waals surface area (Å²) in [5.41, 5.74) is 2.48. The second-order valence-electron chi connectivity index (χ2n) is 6.76. The van der Waals surface area contributed by atoms with Crippen LogP contribution in [0.4, 0.5) is 17.6 Å². The smallest absolute Gasteiger partial charge is 0.232 e. The highest BCUT2D eigenvalue weighted by atomic mass is 32.1. The molecule has 0 spiro atoms. The summed E-state index contributed by atoms with van der Waals surface area (Å²) in [6, 6.07) is 3.81. The number of fused-ring (bicyclic) bond motifs is 1. The molecule has 0 amide bonds.